The first-order chi connectivity index (χ1) is 19.1. The minimum atomic E-state index is -4.02. The standard InChI is InChI=1S/C27H37N6O6P/c1-17(28)25(34)31-19-7-11-21(12-8-19)38-40(37,24-6-4-16-33(24)27(36)23-5-3-15-30-23)39-22-13-9-20(10-14-22)32-26(35)18(2)29/h7-14,17-18,23-24,30H,3-6,15-16,28-29H2,1-2H3,(H,31,34)(H,32,35)/t17-,18-,23-,24?/m0/s1. The molecule has 2 fully saturated rings. The van der Waals surface area contributed by atoms with Crippen molar-refractivity contribution in [3.05, 3.63) is 48.5 Å². The van der Waals surface area contributed by atoms with E-state index in [4.69, 9.17) is 20.5 Å². The second-order valence-corrected chi connectivity index (χ2v) is 12.2. The number of likely N-dealkylation sites (tertiary alicyclic amines) is 1. The van der Waals surface area contributed by atoms with Crippen LogP contribution in [0.2, 0.25) is 0 Å². The molecule has 4 atom stereocenters. The van der Waals surface area contributed by atoms with Crippen LogP contribution in [0.1, 0.15) is 39.5 Å². The van der Waals surface area contributed by atoms with Crippen LogP contribution >= 0.6 is 7.60 Å². The van der Waals surface area contributed by atoms with Crippen LogP contribution < -0.4 is 36.5 Å². The van der Waals surface area contributed by atoms with Crippen molar-refractivity contribution in [1.82, 2.24) is 10.2 Å². The number of hydrogen-bond acceptors (Lipinski definition) is 9. The Balaban J connectivity index is 1.58. The molecular weight excluding hydrogens is 535 g/mol. The molecule has 13 heteroatoms. The lowest BCUT2D eigenvalue weighted by atomic mass is 10.2. The molecule has 1 unspecified atom stereocenters. The highest BCUT2D eigenvalue weighted by atomic mass is 31.2. The Kier molecular flexibility index (Phi) is 9.47. The van der Waals surface area contributed by atoms with Gasteiger partial charge in [0.05, 0.1) is 18.1 Å². The van der Waals surface area contributed by atoms with Crippen molar-refractivity contribution >= 4 is 36.7 Å². The summed E-state index contributed by atoms with van der Waals surface area (Å²) in [6.45, 7) is 4.37. The van der Waals surface area contributed by atoms with Crippen molar-refractivity contribution in [2.75, 3.05) is 23.7 Å². The number of hydrogen-bond donors (Lipinski definition) is 5. The fraction of sp³-hybridized carbons (Fsp3) is 0.444. The lowest BCUT2D eigenvalue weighted by molar-refractivity contribution is -0.132. The number of nitrogens with zero attached hydrogens (tertiary/aromatic N) is 1. The summed E-state index contributed by atoms with van der Waals surface area (Å²) in [5, 5.41) is 8.59. The molecule has 216 valence electrons. The molecule has 2 heterocycles. The van der Waals surface area contributed by atoms with E-state index in [1.54, 1.807) is 67.3 Å². The summed E-state index contributed by atoms with van der Waals surface area (Å²) in [7, 11) is -4.02. The van der Waals surface area contributed by atoms with Crippen LogP contribution in [0, 0.1) is 0 Å². The molecule has 0 spiro atoms. The van der Waals surface area contributed by atoms with Crippen LogP contribution in [0.5, 0.6) is 11.5 Å². The Bertz CT molecular complexity index is 1180. The van der Waals surface area contributed by atoms with Gasteiger partial charge in [-0.25, -0.2) is 4.57 Å². The molecule has 0 bridgehead atoms. The molecule has 4 rings (SSSR count). The zero-order valence-corrected chi connectivity index (χ0v) is 23.6. The van der Waals surface area contributed by atoms with E-state index in [9.17, 15) is 18.9 Å². The zero-order chi connectivity index (χ0) is 28.9. The fourth-order valence-corrected chi connectivity index (χ4v) is 6.76. The Hall–Kier alpha value is -3.44. The highest BCUT2D eigenvalue weighted by molar-refractivity contribution is 7.55. The first-order valence-electron chi connectivity index (χ1n) is 13.4. The number of nitrogens with two attached hydrogens (primary N) is 2. The number of carbonyl (C=O) groups is 3. The highest BCUT2D eigenvalue weighted by Crippen LogP contribution is 2.57. The third-order valence-corrected chi connectivity index (χ3v) is 8.96. The van der Waals surface area contributed by atoms with Gasteiger partial charge in [-0.15, -0.1) is 0 Å². The van der Waals surface area contributed by atoms with Crippen molar-refractivity contribution in [2.45, 2.75) is 63.4 Å². The minimum absolute atomic E-state index is 0.115. The van der Waals surface area contributed by atoms with Gasteiger partial charge in [0.25, 0.3) is 0 Å². The van der Waals surface area contributed by atoms with E-state index in [0.29, 0.717) is 30.8 Å². The van der Waals surface area contributed by atoms with E-state index in [0.717, 1.165) is 19.4 Å². The number of anilines is 2. The molecule has 2 saturated heterocycles. The zero-order valence-electron chi connectivity index (χ0n) is 22.7. The molecule has 7 N–H and O–H groups in total. The van der Waals surface area contributed by atoms with Gasteiger partial charge in [0.15, 0.2) is 5.78 Å². The second-order valence-electron chi connectivity index (χ2n) is 10.1. The van der Waals surface area contributed by atoms with E-state index in [2.05, 4.69) is 16.0 Å². The molecule has 2 aliphatic rings. The SMILES string of the molecule is C[C@H](N)C(=O)Nc1ccc(OP(=O)(Oc2ccc(NC(=O)[C@H](C)N)cc2)C2CCCN2C(=O)[C@@H]2CCCN2)cc1. The van der Waals surface area contributed by atoms with E-state index in [1.165, 1.54) is 0 Å². The van der Waals surface area contributed by atoms with Crippen molar-refractivity contribution < 1.29 is 28.0 Å². The Morgan fingerprint density at radius 3 is 1.80 bits per heavy atom. The molecule has 3 amide bonds. The van der Waals surface area contributed by atoms with Gasteiger partial charge in [0, 0.05) is 17.9 Å². The summed E-state index contributed by atoms with van der Waals surface area (Å²) in [6, 6.07) is 11.0. The quantitative estimate of drug-likeness (QED) is 0.268. The number of nitrogens with one attached hydrogen (secondary N) is 3. The van der Waals surface area contributed by atoms with Gasteiger partial charge >= 0.3 is 7.60 Å². The van der Waals surface area contributed by atoms with E-state index in [1.807, 2.05) is 0 Å². The molecule has 0 aliphatic carbocycles. The topological polar surface area (TPSA) is 178 Å². The second kappa shape index (κ2) is 12.8. The smallest absolute Gasteiger partial charge is 0.415 e. The van der Waals surface area contributed by atoms with Gasteiger partial charge in [-0.2, -0.15) is 0 Å². The maximum Gasteiger partial charge on any atom is 0.453 e. The van der Waals surface area contributed by atoms with Crippen molar-refractivity contribution in [3.8, 4) is 11.5 Å². The molecule has 0 radical (unpaired) electrons. The molecule has 0 aromatic heterocycles. The van der Waals surface area contributed by atoms with Gasteiger partial charge in [-0.1, -0.05) is 0 Å². The predicted molar refractivity (Wildman–Crippen MR) is 152 cm³/mol. The number of benzene rings is 2. The van der Waals surface area contributed by atoms with E-state index >= 15 is 0 Å². The van der Waals surface area contributed by atoms with Gasteiger partial charge in [0.2, 0.25) is 17.7 Å². The summed E-state index contributed by atoms with van der Waals surface area (Å²) in [5.74, 6) is -1.09. The summed E-state index contributed by atoms with van der Waals surface area (Å²) >= 11 is 0. The minimum Gasteiger partial charge on any atom is -0.415 e. The van der Waals surface area contributed by atoms with E-state index < -0.39 is 25.5 Å². The van der Waals surface area contributed by atoms with Crippen LogP contribution in [0.15, 0.2) is 48.5 Å². The first kappa shape index (κ1) is 29.5. The van der Waals surface area contributed by atoms with Gasteiger partial charge in [0.1, 0.15) is 11.5 Å². The largest absolute Gasteiger partial charge is 0.453 e. The molecule has 2 aromatic carbocycles. The summed E-state index contributed by atoms with van der Waals surface area (Å²) in [6.07, 6.45) is 2.72. The first-order valence-corrected chi connectivity index (χ1v) is 15.0. The van der Waals surface area contributed by atoms with E-state index in [-0.39, 0.29) is 35.3 Å². The number of rotatable bonds is 10. The van der Waals surface area contributed by atoms with Gasteiger partial charge in [-0.05, 0) is 94.6 Å². The molecule has 2 aromatic rings. The molecule has 2 aliphatic heterocycles. The normalized spacial score (nSPS) is 20.4. The Morgan fingerprint density at radius 2 is 1.38 bits per heavy atom. The van der Waals surface area contributed by atoms with Crippen molar-refractivity contribution in [3.63, 3.8) is 0 Å². The lowest BCUT2D eigenvalue weighted by Gasteiger charge is -2.32. The molecule has 0 saturated carbocycles. The fourth-order valence-electron chi connectivity index (χ4n) is 4.58. The van der Waals surface area contributed by atoms with Gasteiger partial charge in [-0.3, -0.25) is 14.4 Å². The van der Waals surface area contributed by atoms with Crippen LogP contribution in [-0.4, -0.2) is 59.6 Å². The summed E-state index contributed by atoms with van der Waals surface area (Å²) in [5.41, 5.74) is 12.2. The summed E-state index contributed by atoms with van der Waals surface area (Å²) < 4.78 is 26.7. The van der Waals surface area contributed by atoms with Crippen LogP contribution in [0.25, 0.3) is 0 Å². The Labute approximate surface area is 233 Å². The van der Waals surface area contributed by atoms with Crippen molar-refractivity contribution in [2.24, 2.45) is 11.5 Å². The van der Waals surface area contributed by atoms with Crippen LogP contribution in [0.3, 0.4) is 0 Å². The number of carbonyl (C=O) groups excluding carboxylic acids is 3. The Morgan fingerprint density at radius 1 is 0.875 bits per heavy atom. The monoisotopic (exact) mass is 572 g/mol. The van der Waals surface area contributed by atoms with Crippen LogP contribution in [0.4, 0.5) is 11.4 Å². The average molecular weight is 573 g/mol. The maximum absolute atomic E-state index is 14.6. The lowest BCUT2D eigenvalue weighted by Crippen LogP contribution is -2.46. The van der Waals surface area contributed by atoms with Gasteiger partial charge < -0.3 is 41.4 Å². The van der Waals surface area contributed by atoms with Crippen molar-refractivity contribution in [1.29, 1.82) is 0 Å². The molecule has 12 nitrogen and oxygen atoms in total. The average Bonchev–Trinajstić information content (AvgIpc) is 3.64. The highest BCUT2D eigenvalue weighted by Gasteiger charge is 2.49. The van der Waals surface area contributed by atoms with Crippen LogP contribution in [-0.2, 0) is 18.9 Å². The summed E-state index contributed by atoms with van der Waals surface area (Å²) in [4.78, 5) is 38.8. The molecular formula is C27H37N6O6P. The predicted octanol–water partition coefficient (Wildman–Crippen LogP) is 2.61. The number of amides is 3. The molecule has 40 heavy (non-hydrogen) atoms. The third kappa shape index (κ3) is 7.19. The third-order valence-electron chi connectivity index (χ3n) is 6.76. The maximum atomic E-state index is 14.6.